The Morgan fingerprint density at radius 2 is 1.66 bits per heavy atom. The smallest absolute Gasteiger partial charge is 0.274 e. The fourth-order valence-corrected chi connectivity index (χ4v) is 3.05. The van der Waals surface area contributed by atoms with Crippen LogP contribution in [0.5, 0.6) is 0 Å². The van der Waals surface area contributed by atoms with E-state index < -0.39 is 0 Å². The minimum Gasteiger partial charge on any atom is -0.355 e. The lowest BCUT2D eigenvalue weighted by molar-refractivity contribution is -0.114. The molecule has 1 heterocycles. The molecule has 0 saturated carbocycles. The zero-order chi connectivity index (χ0) is 20.8. The fourth-order valence-electron chi connectivity index (χ4n) is 3.05. The van der Waals surface area contributed by atoms with Gasteiger partial charge in [-0.05, 0) is 54.8 Å². The molecular formula is C23H24N4O2. The summed E-state index contributed by atoms with van der Waals surface area (Å²) in [6.45, 7) is 5.60. The van der Waals surface area contributed by atoms with Crippen LogP contribution in [-0.2, 0) is 11.2 Å². The number of carbonyl (C=O) groups is 2. The molecule has 148 valence electrons. The number of anilines is 4. The summed E-state index contributed by atoms with van der Waals surface area (Å²) in [5.41, 5.74) is 5.69. The molecule has 0 saturated heterocycles. The minimum atomic E-state index is -0.325. The summed E-state index contributed by atoms with van der Waals surface area (Å²) in [6.07, 6.45) is 2.52. The summed E-state index contributed by atoms with van der Waals surface area (Å²) < 4.78 is 0. The number of para-hydroxylation sites is 1. The van der Waals surface area contributed by atoms with E-state index in [1.165, 1.54) is 12.5 Å². The van der Waals surface area contributed by atoms with Crippen molar-refractivity contribution in [2.75, 3.05) is 16.0 Å². The van der Waals surface area contributed by atoms with Crippen LogP contribution in [0, 0.1) is 6.92 Å². The molecule has 3 N–H and O–H groups in total. The van der Waals surface area contributed by atoms with Gasteiger partial charge in [0.2, 0.25) is 5.91 Å². The van der Waals surface area contributed by atoms with E-state index in [-0.39, 0.29) is 11.8 Å². The van der Waals surface area contributed by atoms with Gasteiger partial charge in [0.25, 0.3) is 5.91 Å². The van der Waals surface area contributed by atoms with Gasteiger partial charge in [-0.3, -0.25) is 14.6 Å². The Bertz CT molecular complexity index is 1050. The average Bonchev–Trinajstić information content (AvgIpc) is 2.69. The average molecular weight is 388 g/mol. The van der Waals surface area contributed by atoms with Crippen molar-refractivity contribution >= 4 is 34.6 Å². The van der Waals surface area contributed by atoms with Gasteiger partial charge in [0.1, 0.15) is 5.69 Å². The first-order valence-electron chi connectivity index (χ1n) is 9.47. The first-order valence-corrected chi connectivity index (χ1v) is 9.47. The molecule has 0 bridgehead atoms. The number of aromatic nitrogens is 1. The lowest BCUT2D eigenvalue weighted by Crippen LogP contribution is -2.14. The van der Waals surface area contributed by atoms with Crippen LogP contribution in [0.2, 0.25) is 0 Å². The Morgan fingerprint density at radius 3 is 2.38 bits per heavy atom. The van der Waals surface area contributed by atoms with Gasteiger partial charge >= 0.3 is 0 Å². The van der Waals surface area contributed by atoms with E-state index in [1.54, 1.807) is 36.5 Å². The minimum absolute atomic E-state index is 0.170. The van der Waals surface area contributed by atoms with Crippen molar-refractivity contribution in [3.05, 3.63) is 77.6 Å². The van der Waals surface area contributed by atoms with Crippen LogP contribution < -0.4 is 16.0 Å². The van der Waals surface area contributed by atoms with E-state index in [1.807, 2.05) is 12.1 Å². The monoisotopic (exact) mass is 388 g/mol. The number of hydrogen-bond donors (Lipinski definition) is 3. The lowest BCUT2D eigenvalue weighted by Gasteiger charge is -2.14. The van der Waals surface area contributed by atoms with Crippen LogP contribution in [0.25, 0.3) is 0 Å². The number of amides is 2. The molecule has 0 atom stereocenters. The van der Waals surface area contributed by atoms with Gasteiger partial charge in [-0.25, -0.2) is 0 Å². The van der Waals surface area contributed by atoms with Crippen LogP contribution in [0.3, 0.4) is 0 Å². The molecule has 3 rings (SSSR count). The summed E-state index contributed by atoms with van der Waals surface area (Å²) in [5, 5.41) is 8.93. The predicted molar refractivity (Wildman–Crippen MR) is 117 cm³/mol. The second kappa shape index (κ2) is 9.01. The maximum absolute atomic E-state index is 12.7. The maximum Gasteiger partial charge on any atom is 0.274 e. The molecule has 3 aromatic rings. The first kappa shape index (κ1) is 20.1. The molecule has 2 aromatic carbocycles. The second-order valence-electron chi connectivity index (χ2n) is 6.73. The number of rotatable bonds is 6. The van der Waals surface area contributed by atoms with E-state index in [0.717, 1.165) is 23.4 Å². The highest BCUT2D eigenvalue weighted by Crippen LogP contribution is 2.25. The summed E-state index contributed by atoms with van der Waals surface area (Å²) >= 11 is 0. The molecule has 0 spiro atoms. The van der Waals surface area contributed by atoms with Gasteiger partial charge in [-0.15, -0.1) is 0 Å². The van der Waals surface area contributed by atoms with Crippen molar-refractivity contribution in [2.24, 2.45) is 0 Å². The topological polar surface area (TPSA) is 83.1 Å². The van der Waals surface area contributed by atoms with Crippen LogP contribution in [0.15, 0.2) is 60.8 Å². The Morgan fingerprint density at radius 1 is 0.931 bits per heavy atom. The summed E-state index contributed by atoms with van der Waals surface area (Å²) in [6, 6.07) is 16.7. The third-order valence-electron chi connectivity index (χ3n) is 4.44. The zero-order valence-corrected chi connectivity index (χ0v) is 16.7. The highest BCUT2D eigenvalue weighted by molar-refractivity contribution is 6.04. The SMILES string of the molecule is CCc1cccc(C)c1Nc1ccnc(C(=O)Nc2cccc(NC(C)=O)c2)c1. The molecule has 1 aromatic heterocycles. The number of nitrogens with zero attached hydrogens (tertiary/aromatic N) is 1. The maximum atomic E-state index is 12.7. The van der Waals surface area contributed by atoms with Crippen molar-refractivity contribution in [1.82, 2.24) is 4.98 Å². The first-order chi connectivity index (χ1) is 14.0. The van der Waals surface area contributed by atoms with Crippen LogP contribution in [0.1, 0.15) is 35.5 Å². The van der Waals surface area contributed by atoms with Gasteiger partial charge in [0.15, 0.2) is 0 Å². The molecule has 0 fully saturated rings. The largest absolute Gasteiger partial charge is 0.355 e. The van der Waals surface area contributed by atoms with E-state index in [2.05, 4.69) is 46.9 Å². The van der Waals surface area contributed by atoms with Gasteiger partial charge in [-0.1, -0.05) is 31.2 Å². The van der Waals surface area contributed by atoms with Gasteiger partial charge < -0.3 is 16.0 Å². The number of hydrogen-bond acceptors (Lipinski definition) is 4. The van der Waals surface area contributed by atoms with E-state index in [4.69, 9.17) is 0 Å². The lowest BCUT2D eigenvalue weighted by atomic mass is 10.1. The third kappa shape index (κ3) is 5.19. The van der Waals surface area contributed by atoms with Crippen molar-refractivity contribution in [1.29, 1.82) is 0 Å². The highest BCUT2D eigenvalue weighted by Gasteiger charge is 2.11. The van der Waals surface area contributed by atoms with Crippen molar-refractivity contribution in [3.8, 4) is 0 Å². The van der Waals surface area contributed by atoms with Crippen LogP contribution >= 0.6 is 0 Å². The Hall–Kier alpha value is -3.67. The summed E-state index contributed by atoms with van der Waals surface area (Å²) in [7, 11) is 0. The summed E-state index contributed by atoms with van der Waals surface area (Å²) in [5.74, 6) is -0.495. The number of nitrogens with one attached hydrogen (secondary N) is 3. The standard InChI is InChI=1S/C23H24N4O2/c1-4-17-8-5-7-15(2)22(17)26-20-11-12-24-21(14-20)23(29)27-19-10-6-9-18(13-19)25-16(3)28/h5-14H,4H2,1-3H3,(H,24,26)(H,25,28)(H,27,29). The van der Waals surface area contributed by atoms with Gasteiger partial charge in [-0.2, -0.15) is 0 Å². The number of benzene rings is 2. The van der Waals surface area contributed by atoms with E-state index in [9.17, 15) is 9.59 Å². The molecule has 29 heavy (non-hydrogen) atoms. The van der Waals surface area contributed by atoms with E-state index >= 15 is 0 Å². The molecule has 0 unspecified atom stereocenters. The van der Waals surface area contributed by atoms with E-state index in [0.29, 0.717) is 17.1 Å². The number of pyridine rings is 1. The number of aryl methyl sites for hydroxylation is 2. The Balaban J connectivity index is 1.78. The fraction of sp³-hybridized carbons (Fsp3) is 0.174. The highest BCUT2D eigenvalue weighted by atomic mass is 16.2. The third-order valence-corrected chi connectivity index (χ3v) is 4.44. The van der Waals surface area contributed by atoms with Crippen molar-refractivity contribution in [2.45, 2.75) is 27.2 Å². The van der Waals surface area contributed by atoms with Gasteiger partial charge in [0, 0.05) is 35.9 Å². The molecule has 0 radical (unpaired) electrons. The Labute approximate surface area is 170 Å². The second-order valence-corrected chi connectivity index (χ2v) is 6.73. The molecule has 6 nitrogen and oxygen atoms in total. The summed E-state index contributed by atoms with van der Waals surface area (Å²) in [4.78, 5) is 28.1. The molecular weight excluding hydrogens is 364 g/mol. The Kier molecular flexibility index (Phi) is 6.24. The molecule has 6 heteroatoms. The molecule has 0 aliphatic rings. The molecule has 2 amide bonds. The molecule has 0 aliphatic heterocycles. The van der Waals surface area contributed by atoms with Crippen LogP contribution in [-0.4, -0.2) is 16.8 Å². The van der Waals surface area contributed by atoms with Gasteiger partial charge in [0.05, 0.1) is 0 Å². The number of carbonyl (C=O) groups excluding carboxylic acids is 2. The van der Waals surface area contributed by atoms with Crippen LogP contribution in [0.4, 0.5) is 22.7 Å². The quantitative estimate of drug-likeness (QED) is 0.560. The normalized spacial score (nSPS) is 10.3. The van der Waals surface area contributed by atoms with Crippen molar-refractivity contribution < 1.29 is 9.59 Å². The predicted octanol–water partition coefficient (Wildman–Crippen LogP) is 4.91. The zero-order valence-electron chi connectivity index (χ0n) is 16.7. The molecule has 0 aliphatic carbocycles. The van der Waals surface area contributed by atoms with Crippen molar-refractivity contribution in [3.63, 3.8) is 0 Å².